The summed E-state index contributed by atoms with van der Waals surface area (Å²) in [6.07, 6.45) is 1.79. The number of carbonyl (C=O) groups excluding carboxylic acids is 2. The van der Waals surface area contributed by atoms with Gasteiger partial charge < -0.3 is 20.3 Å². The Kier molecular flexibility index (Phi) is 8.77. The molecule has 174 valence electrons. The predicted octanol–water partition coefficient (Wildman–Crippen LogP) is 5.05. The molecule has 3 aromatic rings. The molecule has 3 rings (SSSR count). The number of ether oxygens (including phenoxy) is 1. The van der Waals surface area contributed by atoms with Gasteiger partial charge in [-0.2, -0.15) is 0 Å². The number of nitrogens with one attached hydrogen (secondary N) is 2. The molecular weight excluding hydrogens is 438 g/mol. The van der Waals surface area contributed by atoms with Gasteiger partial charge in [-0.1, -0.05) is 43.4 Å². The third-order valence-corrected chi connectivity index (χ3v) is 5.93. The van der Waals surface area contributed by atoms with E-state index in [2.05, 4.69) is 20.8 Å². The fourth-order valence-electron chi connectivity index (χ4n) is 3.27. The largest absolute Gasteiger partial charge is 0.497 e. The summed E-state index contributed by atoms with van der Waals surface area (Å²) >= 11 is 1.30. The number of anilines is 2. The molecule has 0 saturated carbocycles. The lowest BCUT2D eigenvalue weighted by Gasteiger charge is -2.23. The van der Waals surface area contributed by atoms with E-state index in [-0.39, 0.29) is 18.4 Å². The molecule has 2 N–H and O–H groups in total. The Morgan fingerprint density at radius 3 is 2.45 bits per heavy atom. The van der Waals surface area contributed by atoms with Crippen molar-refractivity contribution in [2.75, 3.05) is 30.8 Å². The number of hydrogen-bond donors (Lipinski definition) is 2. The molecule has 1 heterocycles. The Bertz CT molecular complexity index is 1070. The van der Waals surface area contributed by atoms with Crippen molar-refractivity contribution in [3.63, 3.8) is 0 Å². The van der Waals surface area contributed by atoms with Crippen LogP contribution in [0.5, 0.6) is 5.75 Å². The topological polar surface area (TPSA) is 96.5 Å². The first kappa shape index (κ1) is 24.2. The van der Waals surface area contributed by atoms with Crippen molar-refractivity contribution in [3.05, 3.63) is 54.1 Å². The van der Waals surface area contributed by atoms with Crippen molar-refractivity contribution in [1.82, 2.24) is 15.1 Å². The highest BCUT2D eigenvalue weighted by Crippen LogP contribution is 2.27. The van der Waals surface area contributed by atoms with E-state index >= 15 is 0 Å². The molecule has 1 aromatic heterocycles. The van der Waals surface area contributed by atoms with Crippen molar-refractivity contribution in [1.29, 1.82) is 0 Å². The van der Waals surface area contributed by atoms with Crippen molar-refractivity contribution >= 4 is 34.1 Å². The van der Waals surface area contributed by atoms with Gasteiger partial charge in [0.2, 0.25) is 11.0 Å². The van der Waals surface area contributed by atoms with Crippen molar-refractivity contribution in [2.45, 2.75) is 33.1 Å². The van der Waals surface area contributed by atoms with Gasteiger partial charge in [0.05, 0.1) is 7.11 Å². The van der Waals surface area contributed by atoms with Gasteiger partial charge in [0, 0.05) is 30.8 Å². The minimum atomic E-state index is -0.213. The number of amides is 3. The average molecular weight is 468 g/mol. The number of hydrogen-bond acceptors (Lipinski definition) is 6. The molecule has 2 aromatic carbocycles. The van der Waals surface area contributed by atoms with Crippen LogP contribution in [0.1, 0.15) is 32.3 Å². The average Bonchev–Trinajstić information content (AvgIpc) is 3.30. The number of methoxy groups -OCH3 is 1. The van der Waals surface area contributed by atoms with E-state index in [0.29, 0.717) is 23.2 Å². The zero-order valence-corrected chi connectivity index (χ0v) is 19.9. The third kappa shape index (κ3) is 6.76. The number of aryl methyl sites for hydroxylation is 1. The van der Waals surface area contributed by atoms with E-state index in [9.17, 15) is 9.59 Å². The smallest absolute Gasteiger partial charge is 0.321 e. The van der Waals surface area contributed by atoms with Crippen molar-refractivity contribution in [2.24, 2.45) is 0 Å². The second-order valence-corrected chi connectivity index (χ2v) is 8.34. The molecule has 0 fully saturated rings. The maximum absolute atomic E-state index is 12.8. The SMILES string of the molecule is CCCN(CCC(=O)Nc1nnc(-c2ccc(OC)cc2)s1)C(=O)Nc1ccccc1CC. The summed E-state index contributed by atoms with van der Waals surface area (Å²) < 4.78 is 5.17. The van der Waals surface area contributed by atoms with Crippen LogP contribution < -0.4 is 15.4 Å². The Balaban J connectivity index is 1.55. The number of para-hydroxylation sites is 1. The fraction of sp³-hybridized carbons (Fsp3) is 0.333. The van der Waals surface area contributed by atoms with Crippen LogP contribution in [0.4, 0.5) is 15.6 Å². The molecule has 0 unspecified atom stereocenters. The van der Waals surface area contributed by atoms with Crippen LogP contribution >= 0.6 is 11.3 Å². The first-order chi connectivity index (χ1) is 16.0. The van der Waals surface area contributed by atoms with E-state index in [4.69, 9.17) is 4.74 Å². The van der Waals surface area contributed by atoms with Crippen LogP contribution in [0.15, 0.2) is 48.5 Å². The van der Waals surface area contributed by atoms with Crippen molar-refractivity contribution in [3.8, 4) is 16.3 Å². The highest BCUT2D eigenvalue weighted by Gasteiger charge is 2.16. The maximum atomic E-state index is 12.8. The Morgan fingerprint density at radius 1 is 1.00 bits per heavy atom. The second kappa shape index (κ2) is 12.0. The van der Waals surface area contributed by atoms with E-state index < -0.39 is 0 Å². The van der Waals surface area contributed by atoms with Crippen LogP contribution in [0.2, 0.25) is 0 Å². The molecule has 0 aliphatic carbocycles. The molecule has 8 nitrogen and oxygen atoms in total. The monoisotopic (exact) mass is 467 g/mol. The number of aromatic nitrogens is 2. The third-order valence-electron chi connectivity index (χ3n) is 5.04. The second-order valence-electron chi connectivity index (χ2n) is 7.37. The van der Waals surface area contributed by atoms with Crippen LogP contribution in [-0.4, -0.2) is 47.2 Å². The molecule has 0 atom stereocenters. The first-order valence-corrected chi connectivity index (χ1v) is 11.8. The summed E-state index contributed by atoms with van der Waals surface area (Å²) in [4.78, 5) is 26.9. The minimum absolute atomic E-state index is 0.167. The quantitative estimate of drug-likeness (QED) is 0.435. The number of carbonyl (C=O) groups is 2. The van der Waals surface area contributed by atoms with E-state index in [1.165, 1.54) is 11.3 Å². The highest BCUT2D eigenvalue weighted by atomic mass is 32.1. The zero-order valence-electron chi connectivity index (χ0n) is 19.1. The lowest BCUT2D eigenvalue weighted by atomic mass is 10.1. The number of urea groups is 1. The van der Waals surface area contributed by atoms with Gasteiger partial charge >= 0.3 is 6.03 Å². The molecule has 0 aliphatic rings. The van der Waals surface area contributed by atoms with Gasteiger partial charge in [-0.15, -0.1) is 10.2 Å². The number of rotatable bonds is 10. The summed E-state index contributed by atoms with van der Waals surface area (Å²) in [5, 5.41) is 15.1. The van der Waals surface area contributed by atoms with Crippen molar-refractivity contribution < 1.29 is 14.3 Å². The van der Waals surface area contributed by atoms with Crippen LogP contribution in [0, 0.1) is 0 Å². The van der Waals surface area contributed by atoms with Crippen LogP contribution in [-0.2, 0) is 11.2 Å². The molecule has 33 heavy (non-hydrogen) atoms. The molecule has 0 saturated heterocycles. The standard InChI is InChI=1S/C24H29N5O3S/c1-4-15-29(24(31)25-20-9-7-6-8-17(20)5-2)16-14-21(30)26-23-28-27-22(33-23)18-10-12-19(32-3)13-11-18/h6-13H,4-5,14-16H2,1-3H3,(H,25,31)(H,26,28,30). The summed E-state index contributed by atoms with van der Waals surface area (Å²) in [5.41, 5.74) is 2.77. The molecule has 0 radical (unpaired) electrons. The van der Waals surface area contributed by atoms with Gasteiger partial charge in [0.1, 0.15) is 10.8 Å². The van der Waals surface area contributed by atoms with E-state index in [1.807, 2.05) is 62.4 Å². The molecule has 0 bridgehead atoms. The Morgan fingerprint density at radius 2 is 1.76 bits per heavy atom. The highest BCUT2D eigenvalue weighted by molar-refractivity contribution is 7.18. The first-order valence-electron chi connectivity index (χ1n) is 11.0. The van der Waals surface area contributed by atoms with E-state index in [1.54, 1.807) is 12.0 Å². The number of benzene rings is 2. The van der Waals surface area contributed by atoms with Gasteiger partial charge in [-0.25, -0.2) is 4.79 Å². The molecule has 9 heteroatoms. The Labute approximate surface area is 198 Å². The maximum Gasteiger partial charge on any atom is 0.321 e. The van der Waals surface area contributed by atoms with Gasteiger partial charge in [0.15, 0.2) is 0 Å². The van der Waals surface area contributed by atoms with E-state index in [0.717, 1.165) is 35.4 Å². The zero-order chi connectivity index (χ0) is 23.6. The van der Waals surface area contributed by atoms with Crippen LogP contribution in [0.25, 0.3) is 10.6 Å². The van der Waals surface area contributed by atoms with Gasteiger partial charge in [-0.3, -0.25) is 4.79 Å². The van der Waals surface area contributed by atoms with Crippen LogP contribution in [0.3, 0.4) is 0 Å². The summed E-state index contributed by atoms with van der Waals surface area (Å²) in [7, 11) is 1.61. The Hall–Kier alpha value is -3.46. The van der Waals surface area contributed by atoms with Gasteiger partial charge in [0.25, 0.3) is 0 Å². The lowest BCUT2D eigenvalue weighted by molar-refractivity contribution is -0.116. The molecule has 0 spiro atoms. The summed E-state index contributed by atoms with van der Waals surface area (Å²) in [6, 6.07) is 15.0. The number of nitrogens with zero attached hydrogens (tertiary/aromatic N) is 3. The van der Waals surface area contributed by atoms with Gasteiger partial charge in [-0.05, 0) is 48.7 Å². The predicted molar refractivity (Wildman–Crippen MR) is 132 cm³/mol. The summed E-state index contributed by atoms with van der Waals surface area (Å²) in [6.45, 7) is 4.92. The molecule has 3 amide bonds. The molecule has 0 aliphatic heterocycles. The molecular formula is C24H29N5O3S. The lowest BCUT2D eigenvalue weighted by Crippen LogP contribution is -2.37. The fourth-order valence-corrected chi connectivity index (χ4v) is 4.04. The summed E-state index contributed by atoms with van der Waals surface area (Å²) in [5.74, 6) is 0.547. The normalized spacial score (nSPS) is 10.5. The minimum Gasteiger partial charge on any atom is -0.497 e.